The molecule has 7 heteroatoms. The number of methoxy groups -OCH3 is 1. The molecule has 1 aromatic heterocycles. The molecule has 0 fully saturated rings. The molecule has 2 aromatic carbocycles. The maximum atomic E-state index is 12.7. The summed E-state index contributed by atoms with van der Waals surface area (Å²) < 4.78 is 4.66. The highest BCUT2D eigenvalue weighted by molar-refractivity contribution is 7.12. The van der Waals surface area contributed by atoms with Gasteiger partial charge >= 0.3 is 5.97 Å². The SMILES string of the molecule is COC(=O)c1ccc(C(=O)Nc2ccc3c(c2)N(C(=O)c2cccs2)CC3)cc1. The van der Waals surface area contributed by atoms with E-state index in [1.54, 1.807) is 29.2 Å². The number of anilines is 2. The van der Waals surface area contributed by atoms with Crippen LogP contribution in [0.1, 0.15) is 36.0 Å². The average molecular weight is 406 g/mol. The monoisotopic (exact) mass is 406 g/mol. The molecule has 4 rings (SSSR count). The van der Waals surface area contributed by atoms with E-state index in [1.165, 1.54) is 18.4 Å². The first kappa shape index (κ1) is 18.9. The molecule has 6 nitrogen and oxygen atoms in total. The van der Waals surface area contributed by atoms with Crippen LogP contribution in [0.25, 0.3) is 0 Å². The number of hydrogen-bond acceptors (Lipinski definition) is 5. The summed E-state index contributed by atoms with van der Waals surface area (Å²) in [6.45, 7) is 0.623. The lowest BCUT2D eigenvalue weighted by atomic mass is 10.1. The number of thiophene rings is 1. The first-order chi connectivity index (χ1) is 14.1. The third-order valence-corrected chi connectivity index (χ3v) is 5.64. The van der Waals surface area contributed by atoms with Crippen molar-refractivity contribution in [1.29, 1.82) is 0 Å². The van der Waals surface area contributed by atoms with Gasteiger partial charge in [0.25, 0.3) is 11.8 Å². The van der Waals surface area contributed by atoms with Crippen molar-refractivity contribution in [3.63, 3.8) is 0 Å². The predicted octanol–water partition coefficient (Wildman–Crippen LogP) is 3.99. The van der Waals surface area contributed by atoms with E-state index in [2.05, 4.69) is 10.1 Å². The average Bonchev–Trinajstić information content (AvgIpc) is 3.43. The molecule has 1 aliphatic rings. The van der Waals surface area contributed by atoms with Crippen molar-refractivity contribution in [3.05, 3.63) is 81.5 Å². The van der Waals surface area contributed by atoms with E-state index in [9.17, 15) is 14.4 Å². The molecule has 0 radical (unpaired) electrons. The Morgan fingerprint density at radius 1 is 1.03 bits per heavy atom. The zero-order valence-corrected chi connectivity index (χ0v) is 16.5. The molecule has 146 valence electrons. The molecule has 2 heterocycles. The second kappa shape index (κ2) is 7.89. The van der Waals surface area contributed by atoms with E-state index in [-0.39, 0.29) is 11.8 Å². The van der Waals surface area contributed by atoms with Gasteiger partial charge in [0.15, 0.2) is 0 Å². The number of esters is 1. The van der Waals surface area contributed by atoms with Crippen molar-refractivity contribution in [3.8, 4) is 0 Å². The van der Waals surface area contributed by atoms with Gasteiger partial charge in [0.05, 0.1) is 17.6 Å². The van der Waals surface area contributed by atoms with Gasteiger partial charge in [-0.05, 0) is 59.8 Å². The van der Waals surface area contributed by atoms with Gasteiger partial charge in [-0.15, -0.1) is 11.3 Å². The van der Waals surface area contributed by atoms with Gasteiger partial charge in [-0.2, -0.15) is 0 Å². The Balaban J connectivity index is 1.52. The highest BCUT2D eigenvalue weighted by Crippen LogP contribution is 2.32. The molecular formula is C22H18N2O4S. The Labute approximate surface area is 171 Å². The lowest BCUT2D eigenvalue weighted by Gasteiger charge is -2.17. The number of nitrogens with zero attached hydrogens (tertiary/aromatic N) is 1. The van der Waals surface area contributed by atoms with Crippen LogP contribution in [-0.4, -0.2) is 31.4 Å². The minimum Gasteiger partial charge on any atom is -0.465 e. The molecule has 0 atom stereocenters. The Morgan fingerprint density at radius 2 is 1.79 bits per heavy atom. The lowest BCUT2D eigenvalue weighted by molar-refractivity contribution is 0.0600. The van der Waals surface area contributed by atoms with Gasteiger partial charge in [0, 0.05) is 23.5 Å². The maximum Gasteiger partial charge on any atom is 0.337 e. The number of ether oxygens (including phenoxy) is 1. The predicted molar refractivity (Wildman–Crippen MR) is 112 cm³/mol. The zero-order valence-electron chi connectivity index (χ0n) is 15.7. The maximum absolute atomic E-state index is 12.7. The summed E-state index contributed by atoms with van der Waals surface area (Å²) in [7, 11) is 1.31. The topological polar surface area (TPSA) is 75.7 Å². The summed E-state index contributed by atoms with van der Waals surface area (Å²) in [5.41, 5.74) is 3.31. The van der Waals surface area contributed by atoms with Gasteiger partial charge < -0.3 is 15.0 Å². The molecule has 0 saturated carbocycles. The number of amides is 2. The standard InChI is InChI=1S/C22H18N2O4S/c1-28-22(27)16-6-4-15(5-7-16)20(25)23-17-9-8-14-10-11-24(18(14)13-17)21(26)19-3-2-12-29-19/h2-9,12-13H,10-11H2,1H3,(H,23,25). The Kier molecular flexibility index (Phi) is 5.14. The molecular weight excluding hydrogens is 388 g/mol. The summed E-state index contributed by atoms with van der Waals surface area (Å²) in [5.74, 6) is -0.776. The van der Waals surface area contributed by atoms with Crippen LogP contribution in [0.5, 0.6) is 0 Å². The fourth-order valence-corrected chi connectivity index (χ4v) is 3.95. The van der Waals surface area contributed by atoms with Crippen molar-refractivity contribution in [2.45, 2.75) is 6.42 Å². The van der Waals surface area contributed by atoms with Crippen LogP contribution in [0.4, 0.5) is 11.4 Å². The van der Waals surface area contributed by atoms with Crippen LogP contribution in [0.2, 0.25) is 0 Å². The highest BCUT2D eigenvalue weighted by Gasteiger charge is 2.26. The second-order valence-electron chi connectivity index (χ2n) is 6.55. The van der Waals surface area contributed by atoms with Crippen LogP contribution >= 0.6 is 11.3 Å². The number of benzene rings is 2. The minimum absolute atomic E-state index is 0.0272. The molecule has 1 N–H and O–H groups in total. The van der Waals surface area contributed by atoms with Crippen molar-refractivity contribution in [1.82, 2.24) is 0 Å². The summed E-state index contributed by atoms with van der Waals surface area (Å²) in [4.78, 5) is 39.3. The van der Waals surface area contributed by atoms with Crippen molar-refractivity contribution >= 4 is 40.5 Å². The lowest BCUT2D eigenvalue weighted by Crippen LogP contribution is -2.28. The van der Waals surface area contributed by atoms with E-state index >= 15 is 0 Å². The fraction of sp³-hybridized carbons (Fsp3) is 0.136. The Bertz CT molecular complexity index is 1070. The summed E-state index contributed by atoms with van der Waals surface area (Å²) >= 11 is 1.42. The van der Waals surface area contributed by atoms with Crippen LogP contribution in [0, 0.1) is 0 Å². The zero-order chi connectivity index (χ0) is 20.4. The molecule has 2 amide bonds. The molecule has 0 bridgehead atoms. The van der Waals surface area contributed by atoms with Crippen LogP contribution in [0.15, 0.2) is 60.0 Å². The summed E-state index contributed by atoms with van der Waals surface area (Å²) in [6, 6.07) is 15.5. The van der Waals surface area contributed by atoms with E-state index in [4.69, 9.17) is 0 Å². The number of carbonyl (C=O) groups excluding carboxylic acids is 3. The third-order valence-electron chi connectivity index (χ3n) is 4.78. The minimum atomic E-state index is -0.453. The van der Waals surface area contributed by atoms with E-state index in [0.717, 1.165) is 17.7 Å². The highest BCUT2D eigenvalue weighted by atomic mass is 32.1. The van der Waals surface area contributed by atoms with Crippen molar-refractivity contribution in [2.24, 2.45) is 0 Å². The van der Waals surface area contributed by atoms with Crippen LogP contribution < -0.4 is 10.2 Å². The van der Waals surface area contributed by atoms with Crippen LogP contribution in [0.3, 0.4) is 0 Å². The third kappa shape index (κ3) is 3.77. The normalized spacial score (nSPS) is 12.4. The summed E-state index contributed by atoms with van der Waals surface area (Å²) in [5, 5.41) is 4.74. The van der Waals surface area contributed by atoms with Gasteiger partial charge in [-0.3, -0.25) is 9.59 Å². The molecule has 3 aromatic rings. The second-order valence-corrected chi connectivity index (χ2v) is 7.50. The molecule has 0 aliphatic carbocycles. The number of rotatable bonds is 4. The van der Waals surface area contributed by atoms with Gasteiger partial charge in [0.2, 0.25) is 0 Å². The number of hydrogen-bond donors (Lipinski definition) is 1. The molecule has 29 heavy (non-hydrogen) atoms. The molecule has 0 spiro atoms. The van der Waals surface area contributed by atoms with Crippen LogP contribution in [-0.2, 0) is 11.2 Å². The summed E-state index contributed by atoms with van der Waals surface area (Å²) in [6.07, 6.45) is 0.787. The smallest absolute Gasteiger partial charge is 0.337 e. The van der Waals surface area contributed by atoms with E-state index in [1.807, 2.05) is 35.7 Å². The van der Waals surface area contributed by atoms with E-state index in [0.29, 0.717) is 28.2 Å². The first-order valence-electron chi connectivity index (χ1n) is 9.05. The Hall–Kier alpha value is -3.45. The van der Waals surface area contributed by atoms with Crippen molar-refractivity contribution in [2.75, 3.05) is 23.9 Å². The van der Waals surface area contributed by atoms with E-state index < -0.39 is 5.97 Å². The number of fused-ring (bicyclic) bond motifs is 1. The fourth-order valence-electron chi connectivity index (χ4n) is 3.28. The Morgan fingerprint density at radius 3 is 2.48 bits per heavy atom. The van der Waals surface area contributed by atoms with Gasteiger partial charge in [0.1, 0.15) is 0 Å². The molecule has 0 saturated heterocycles. The quantitative estimate of drug-likeness (QED) is 0.665. The number of nitrogens with one attached hydrogen (secondary N) is 1. The van der Waals surface area contributed by atoms with Crippen molar-refractivity contribution < 1.29 is 19.1 Å². The van der Waals surface area contributed by atoms with Gasteiger partial charge in [-0.1, -0.05) is 12.1 Å². The first-order valence-corrected chi connectivity index (χ1v) is 9.93. The largest absolute Gasteiger partial charge is 0.465 e. The number of carbonyl (C=O) groups is 3. The van der Waals surface area contributed by atoms with Gasteiger partial charge in [-0.25, -0.2) is 4.79 Å². The molecule has 0 unspecified atom stereocenters. The molecule has 1 aliphatic heterocycles.